The zero-order valence-corrected chi connectivity index (χ0v) is 14.1. The summed E-state index contributed by atoms with van der Waals surface area (Å²) in [5, 5.41) is 0. The lowest BCUT2D eigenvalue weighted by Crippen LogP contribution is -2.47. The number of carbonyl (C=O) groups excluding carboxylic acids is 1. The van der Waals surface area contributed by atoms with E-state index in [0.717, 1.165) is 32.5 Å². The number of piperidine rings is 1. The van der Waals surface area contributed by atoms with Crippen LogP contribution in [0.5, 0.6) is 0 Å². The Balaban J connectivity index is 1.56. The molecule has 0 spiro atoms. The molecule has 0 saturated carbocycles. The van der Waals surface area contributed by atoms with Gasteiger partial charge in [0.05, 0.1) is 6.26 Å². The third kappa shape index (κ3) is 4.36. The lowest BCUT2D eigenvalue weighted by molar-refractivity contribution is -0.128. The summed E-state index contributed by atoms with van der Waals surface area (Å²) >= 11 is 0. The molecule has 1 fully saturated rings. The lowest BCUT2D eigenvalue weighted by Gasteiger charge is -2.37. The first-order chi connectivity index (χ1) is 11.7. The monoisotopic (exact) mass is 324 g/mol. The Morgan fingerprint density at radius 2 is 2.12 bits per heavy atom. The molecule has 2 heterocycles. The molecular weight excluding hydrogens is 300 g/mol. The predicted molar refractivity (Wildman–Crippen MR) is 95.3 cm³/mol. The maximum absolute atomic E-state index is 12.4. The van der Waals surface area contributed by atoms with E-state index >= 15 is 0 Å². The topological polar surface area (TPSA) is 36.7 Å². The number of hydrogen-bond donors (Lipinski definition) is 0. The van der Waals surface area contributed by atoms with E-state index in [9.17, 15) is 4.79 Å². The van der Waals surface area contributed by atoms with Crippen molar-refractivity contribution in [1.82, 2.24) is 9.80 Å². The summed E-state index contributed by atoms with van der Waals surface area (Å²) in [6.07, 6.45) is 7.14. The van der Waals surface area contributed by atoms with Crippen molar-refractivity contribution in [1.29, 1.82) is 0 Å². The van der Waals surface area contributed by atoms with Gasteiger partial charge in [-0.2, -0.15) is 0 Å². The van der Waals surface area contributed by atoms with Crippen LogP contribution in [0.3, 0.4) is 0 Å². The maximum atomic E-state index is 12.4. The number of furan rings is 1. The third-order valence-corrected chi connectivity index (χ3v) is 4.54. The largest absolute Gasteiger partial charge is 0.465 e. The summed E-state index contributed by atoms with van der Waals surface area (Å²) in [5.74, 6) is 0.766. The molecule has 24 heavy (non-hydrogen) atoms. The van der Waals surface area contributed by atoms with Crippen molar-refractivity contribution < 1.29 is 9.21 Å². The molecule has 0 aliphatic carbocycles. The second kappa shape index (κ2) is 7.97. The average molecular weight is 324 g/mol. The fourth-order valence-corrected chi connectivity index (χ4v) is 3.16. The molecule has 2 aromatic rings. The molecule has 0 N–H and O–H groups in total. The summed E-state index contributed by atoms with van der Waals surface area (Å²) in [5.41, 5.74) is 1.31. The maximum Gasteiger partial charge on any atom is 0.246 e. The number of nitrogens with zero attached hydrogens (tertiary/aromatic N) is 2. The number of likely N-dealkylation sites (tertiary alicyclic amines) is 1. The Morgan fingerprint density at radius 3 is 2.88 bits per heavy atom. The highest BCUT2D eigenvalue weighted by atomic mass is 16.3. The van der Waals surface area contributed by atoms with Gasteiger partial charge >= 0.3 is 0 Å². The van der Waals surface area contributed by atoms with Crippen LogP contribution in [-0.2, 0) is 11.3 Å². The van der Waals surface area contributed by atoms with E-state index < -0.39 is 0 Å². The van der Waals surface area contributed by atoms with E-state index in [-0.39, 0.29) is 5.91 Å². The Labute approximate surface area is 143 Å². The molecule has 1 aliphatic heterocycles. The van der Waals surface area contributed by atoms with Gasteiger partial charge in [-0.25, -0.2) is 0 Å². The highest BCUT2D eigenvalue weighted by molar-refractivity contribution is 5.91. The van der Waals surface area contributed by atoms with Crippen molar-refractivity contribution in [3.8, 4) is 0 Å². The molecule has 1 amide bonds. The molecule has 1 atom stereocenters. The second-order valence-corrected chi connectivity index (χ2v) is 6.33. The third-order valence-electron chi connectivity index (χ3n) is 4.54. The summed E-state index contributed by atoms with van der Waals surface area (Å²) in [7, 11) is 2.14. The van der Waals surface area contributed by atoms with Gasteiger partial charge in [0, 0.05) is 31.8 Å². The zero-order valence-electron chi connectivity index (χ0n) is 14.1. The van der Waals surface area contributed by atoms with Gasteiger partial charge in [-0.05, 0) is 43.7 Å². The van der Waals surface area contributed by atoms with E-state index in [1.54, 1.807) is 18.4 Å². The normalized spacial score (nSPS) is 18.4. The van der Waals surface area contributed by atoms with Crippen LogP contribution in [0.1, 0.15) is 24.2 Å². The molecule has 1 aliphatic rings. The van der Waals surface area contributed by atoms with Crippen LogP contribution in [0.25, 0.3) is 6.08 Å². The molecule has 3 rings (SSSR count). The number of amides is 1. The summed E-state index contributed by atoms with van der Waals surface area (Å²) in [4.78, 5) is 16.7. The smallest absolute Gasteiger partial charge is 0.246 e. The molecule has 1 unspecified atom stereocenters. The van der Waals surface area contributed by atoms with Crippen LogP contribution in [-0.4, -0.2) is 41.9 Å². The van der Waals surface area contributed by atoms with Crippen molar-refractivity contribution in [3.05, 3.63) is 66.1 Å². The van der Waals surface area contributed by atoms with E-state index in [1.165, 1.54) is 5.56 Å². The van der Waals surface area contributed by atoms with E-state index in [4.69, 9.17) is 4.42 Å². The minimum atomic E-state index is 0.0595. The first kappa shape index (κ1) is 16.5. The predicted octanol–water partition coefficient (Wildman–Crippen LogP) is 3.42. The highest BCUT2D eigenvalue weighted by Crippen LogP contribution is 2.17. The number of hydrogen-bond acceptors (Lipinski definition) is 3. The molecule has 126 valence electrons. The Bertz CT molecular complexity index is 664. The van der Waals surface area contributed by atoms with Crippen molar-refractivity contribution >= 4 is 12.0 Å². The molecule has 1 aromatic carbocycles. The minimum absolute atomic E-state index is 0.0595. The van der Waals surface area contributed by atoms with Gasteiger partial charge in [0.1, 0.15) is 5.76 Å². The average Bonchev–Trinajstić information content (AvgIpc) is 3.14. The van der Waals surface area contributed by atoms with Crippen LogP contribution in [0.15, 0.2) is 59.2 Å². The lowest BCUT2D eigenvalue weighted by atomic mass is 10.0. The van der Waals surface area contributed by atoms with Gasteiger partial charge in [-0.15, -0.1) is 0 Å². The van der Waals surface area contributed by atoms with Crippen molar-refractivity contribution in [2.24, 2.45) is 0 Å². The number of rotatable bonds is 5. The Kier molecular flexibility index (Phi) is 5.49. The van der Waals surface area contributed by atoms with Gasteiger partial charge in [0.2, 0.25) is 5.91 Å². The van der Waals surface area contributed by atoms with Gasteiger partial charge in [-0.1, -0.05) is 30.3 Å². The number of benzene rings is 1. The zero-order chi connectivity index (χ0) is 16.8. The van der Waals surface area contributed by atoms with Crippen LogP contribution in [0.4, 0.5) is 0 Å². The van der Waals surface area contributed by atoms with E-state index in [2.05, 4.69) is 36.2 Å². The van der Waals surface area contributed by atoms with Gasteiger partial charge < -0.3 is 9.32 Å². The molecule has 0 radical (unpaired) electrons. The summed E-state index contributed by atoms with van der Waals surface area (Å²) < 4.78 is 5.23. The van der Waals surface area contributed by atoms with Crippen molar-refractivity contribution in [3.63, 3.8) is 0 Å². The van der Waals surface area contributed by atoms with E-state index in [1.807, 2.05) is 23.1 Å². The summed E-state index contributed by atoms with van der Waals surface area (Å²) in [6, 6.07) is 14.5. The number of likely N-dealkylation sites (N-methyl/N-ethyl adjacent to an activating group) is 1. The first-order valence-electron chi connectivity index (χ1n) is 8.47. The van der Waals surface area contributed by atoms with Crippen molar-refractivity contribution in [2.45, 2.75) is 25.4 Å². The highest BCUT2D eigenvalue weighted by Gasteiger charge is 2.25. The van der Waals surface area contributed by atoms with Crippen LogP contribution >= 0.6 is 0 Å². The molecular formula is C20H24N2O2. The Hall–Kier alpha value is -2.33. The van der Waals surface area contributed by atoms with Crippen LogP contribution in [0.2, 0.25) is 0 Å². The quantitative estimate of drug-likeness (QED) is 0.791. The molecule has 1 aromatic heterocycles. The SMILES string of the molecule is CN(Cc1ccccc1)C1CCCN(C(=O)C=Cc2ccco2)C1. The fraction of sp³-hybridized carbons (Fsp3) is 0.350. The van der Waals surface area contributed by atoms with Crippen LogP contribution < -0.4 is 0 Å². The Morgan fingerprint density at radius 1 is 1.29 bits per heavy atom. The first-order valence-corrected chi connectivity index (χ1v) is 8.47. The van der Waals surface area contributed by atoms with Gasteiger partial charge in [-0.3, -0.25) is 9.69 Å². The van der Waals surface area contributed by atoms with Gasteiger partial charge in [0.15, 0.2) is 0 Å². The van der Waals surface area contributed by atoms with Crippen LogP contribution in [0, 0.1) is 0 Å². The molecule has 1 saturated heterocycles. The number of carbonyl (C=O) groups is 1. The fourth-order valence-electron chi connectivity index (χ4n) is 3.16. The van der Waals surface area contributed by atoms with Gasteiger partial charge in [0.25, 0.3) is 0 Å². The molecule has 0 bridgehead atoms. The van der Waals surface area contributed by atoms with Crippen molar-refractivity contribution in [2.75, 3.05) is 20.1 Å². The summed E-state index contributed by atoms with van der Waals surface area (Å²) in [6.45, 7) is 2.53. The second-order valence-electron chi connectivity index (χ2n) is 6.33. The minimum Gasteiger partial charge on any atom is -0.465 e. The standard InChI is InChI=1S/C20H24N2O2/c1-21(15-17-7-3-2-4-8-17)18-9-5-13-22(16-18)20(23)12-11-19-10-6-14-24-19/h2-4,6-8,10-12,14,18H,5,9,13,15-16H2,1H3. The van der Waals surface area contributed by atoms with E-state index in [0.29, 0.717) is 11.8 Å². The molecule has 4 nitrogen and oxygen atoms in total. The molecule has 4 heteroatoms.